The zero-order valence-electron chi connectivity index (χ0n) is 7.16. The van der Waals surface area contributed by atoms with E-state index in [1.807, 2.05) is 6.21 Å². The first kappa shape index (κ1) is 10.4. The summed E-state index contributed by atoms with van der Waals surface area (Å²) in [5, 5.41) is 4.06. The van der Waals surface area contributed by atoms with Gasteiger partial charge in [-0.05, 0) is 24.1 Å². The van der Waals surface area contributed by atoms with Gasteiger partial charge in [-0.3, -0.25) is 5.43 Å². The van der Waals surface area contributed by atoms with E-state index in [1.54, 1.807) is 0 Å². The van der Waals surface area contributed by atoms with Gasteiger partial charge >= 0.3 is 0 Å². The third-order valence-electron chi connectivity index (χ3n) is 1.54. The van der Waals surface area contributed by atoms with E-state index in [2.05, 4.69) is 43.5 Å². The molecule has 64 valence electrons. The highest BCUT2D eigenvalue weighted by Gasteiger charge is 2.01. The van der Waals surface area contributed by atoms with Gasteiger partial charge in [0.15, 0.2) is 5.11 Å². The number of rotatable bonds is 3. The summed E-state index contributed by atoms with van der Waals surface area (Å²) in [6, 6.07) is 0. The average molecular weight is 173 g/mol. The predicted molar refractivity (Wildman–Crippen MR) is 52.4 cm³/mol. The SMILES string of the molecule is CC(C)[C@@H](C)/C=N/NC(N)=S. The van der Waals surface area contributed by atoms with E-state index in [0.717, 1.165) is 0 Å². The topological polar surface area (TPSA) is 50.4 Å². The molecule has 0 rings (SSSR count). The Labute approximate surface area is 73.0 Å². The Kier molecular flexibility index (Phi) is 4.77. The van der Waals surface area contributed by atoms with Crippen LogP contribution in [0.5, 0.6) is 0 Å². The molecule has 0 spiro atoms. The van der Waals surface area contributed by atoms with Crippen molar-refractivity contribution in [3.05, 3.63) is 0 Å². The molecule has 0 aromatic rings. The highest BCUT2D eigenvalue weighted by atomic mass is 32.1. The van der Waals surface area contributed by atoms with Crippen LogP contribution in [0, 0.1) is 11.8 Å². The molecular weight excluding hydrogens is 158 g/mol. The van der Waals surface area contributed by atoms with Crippen LogP contribution in [0.2, 0.25) is 0 Å². The minimum absolute atomic E-state index is 0.206. The third-order valence-corrected chi connectivity index (χ3v) is 1.63. The average Bonchev–Trinajstić information content (AvgIpc) is 1.86. The Morgan fingerprint density at radius 2 is 2.09 bits per heavy atom. The van der Waals surface area contributed by atoms with E-state index >= 15 is 0 Å². The summed E-state index contributed by atoms with van der Waals surface area (Å²) in [7, 11) is 0. The zero-order chi connectivity index (χ0) is 8.85. The molecule has 0 aliphatic rings. The lowest BCUT2D eigenvalue weighted by Crippen LogP contribution is -2.24. The molecule has 0 aromatic carbocycles. The molecule has 0 fully saturated rings. The lowest BCUT2D eigenvalue weighted by molar-refractivity contribution is 0.539. The van der Waals surface area contributed by atoms with E-state index < -0.39 is 0 Å². The Balaban J connectivity index is 3.65. The highest BCUT2D eigenvalue weighted by molar-refractivity contribution is 7.80. The maximum absolute atomic E-state index is 5.16. The molecule has 0 saturated heterocycles. The van der Waals surface area contributed by atoms with Gasteiger partial charge in [-0.1, -0.05) is 20.8 Å². The summed E-state index contributed by atoms with van der Waals surface area (Å²) in [6.07, 6.45) is 1.81. The maximum atomic E-state index is 5.16. The van der Waals surface area contributed by atoms with Gasteiger partial charge in [-0.15, -0.1) is 0 Å². The molecule has 0 bridgehead atoms. The highest BCUT2D eigenvalue weighted by Crippen LogP contribution is 2.05. The Hall–Kier alpha value is -0.640. The quantitative estimate of drug-likeness (QED) is 0.382. The summed E-state index contributed by atoms with van der Waals surface area (Å²) in [6.45, 7) is 6.37. The normalized spacial score (nSPS) is 13.8. The van der Waals surface area contributed by atoms with Crippen molar-refractivity contribution in [2.75, 3.05) is 0 Å². The van der Waals surface area contributed by atoms with E-state index in [4.69, 9.17) is 5.73 Å². The molecular formula is C7H15N3S. The summed E-state index contributed by atoms with van der Waals surface area (Å²) in [5.41, 5.74) is 7.67. The van der Waals surface area contributed by atoms with Gasteiger partial charge in [0.25, 0.3) is 0 Å². The van der Waals surface area contributed by atoms with Gasteiger partial charge in [-0.2, -0.15) is 5.10 Å². The fourth-order valence-corrected chi connectivity index (χ4v) is 0.443. The standard InChI is InChI=1S/C7H15N3S/c1-5(2)6(3)4-9-10-7(8)11/h4-6H,1-3H3,(H3,8,10,11)/b9-4+/t6-/m0/s1. The number of hydrogen-bond acceptors (Lipinski definition) is 2. The van der Waals surface area contributed by atoms with Crippen LogP contribution in [0.3, 0.4) is 0 Å². The second kappa shape index (κ2) is 5.07. The lowest BCUT2D eigenvalue weighted by Gasteiger charge is -2.08. The van der Waals surface area contributed by atoms with Gasteiger partial charge < -0.3 is 5.73 Å². The number of nitrogens with one attached hydrogen (secondary N) is 1. The number of nitrogens with two attached hydrogens (primary N) is 1. The molecule has 0 heterocycles. The Bertz CT molecular complexity index is 154. The van der Waals surface area contributed by atoms with Crippen LogP contribution in [-0.2, 0) is 0 Å². The van der Waals surface area contributed by atoms with Crippen LogP contribution >= 0.6 is 12.2 Å². The molecule has 0 aromatic heterocycles. The molecule has 0 saturated carbocycles. The fraction of sp³-hybridized carbons (Fsp3) is 0.714. The number of hydrogen-bond donors (Lipinski definition) is 2. The molecule has 3 N–H and O–H groups in total. The van der Waals surface area contributed by atoms with Gasteiger partial charge in [0.05, 0.1) is 0 Å². The Morgan fingerprint density at radius 3 is 2.45 bits per heavy atom. The first-order valence-electron chi connectivity index (χ1n) is 3.62. The molecule has 11 heavy (non-hydrogen) atoms. The van der Waals surface area contributed by atoms with Crippen molar-refractivity contribution in [1.82, 2.24) is 5.43 Å². The van der Waals surface area contributed by atoms with Crippen molar-refractivity contribution in [2.24, 2.45) is 22.7 Å². The van der Waals surface area contributed by atoms with E-state index in [1.165, 1.54) is 0 Å². The van der Waals surface area contributed by atoms with Crippen molar-refractivity contribution in [3.63, 3.8) is 0 Å². The summed E-state index contributed by atoms with van der Waals surface area (Å²) in [5.74, 6) is 1.03. The summed E-state index contributed by atoms with van der Waals surface area (Å²) in [4.78, 5) is 0. The smallest absolute Gasteiger partial charge is 0.184 e. The van der Waals surface area contributed by atoms with Gasteiger partial charge in [0.1, 0.15) is 0 Å². The predicted octanol–water partition coefficient (Wildman–Crippen LogP) is 1.10. The first-order chi connectivity index (χ1) is 5.04. The monoisotopic (exact) mass is 173 g/mol. The van der Waals surface area contributed by atoms with Crippen molar-refractivity contribution in [1.29, 1.82) is 0 Å². The van der Waals surface area contributed by atoms with Crippen LogP contribution in [0.15, 0.2) is 5.10 Å². The molecule has 4 heteroatoms. The minimum Gasteiger partial charge on any atom is -0.375 e. The molecule has 3 nitrogen and oxygen atoms in total. The van der Waals surface area contributed by atoms with Crippen molar-refractivity contribution in [2.45, 2.75) is 20.8 Å². The van der Waals surface area contributed by atoms with E-state index in [0.29, 0.717) is 11.8 Å². The molecule has 1 atom stereocenters. The van der Waals surface area contributed by atoms with Crippen LogP contribution < -0.4 is 11.2 Å². The minimum atomic E-state index is 0.206. The van der Waals surface area contributed by atoms with E-state index in [-0.39, 0.29) is 5.11 Å². The van der Waals surface area contributed by atoms with Crippen molar-refractivity contribution in [3.8, 4) is 0 Å². The lowest BCUT2D eigenvalue weighted by atomic mass is 10.0. The number of nitrogens with zero attached hydrogens (tertiary/aromatic N) is 1. The van der Waals surface area contributed by atoms with Crippen LogP contribution in [0.4, 0.5) is 0 Å². The summed E-state index contributed by atoms with van der Waals surface area (Å²) >= 11 is 4.57. The van der Waals surface area contributed by atoms with Crippen LogP contribution in [0.25, 0.3) is 0 Å². The molecule has 0 aliphatic carbocycles. The molecule has 0 radical (unpaired) electrons. The van der Waals surface area contributed by atoms with E-state index in [9.17, 15) is 0 Å². The second-order valence-electron chi connectivity index (χ2n) is 2.86. The maximum Gasteiger partial charge on any atom is 0.184 e. The van der Waals surface area contributed by atoms with Crippen LogP contribution in [-0.4, -0.2) is 11.3 Å². The molecule has 0 unspecified atom stereocenters. The zero-order valence-corrected chi connectivity index (χ0v) is 7.98. The third kappa shape index (κ3) is 5.79. The Morgan fingerprint density at radius 1 is 1.55 bits per heavy atom. The van der Waals surface area contributed by atoms with Gasteiger partial charge in [-0.25, -0.2) is 0 Å². The number of hydrazone groups is 1. The van der Waals surface area contributed by atoms with Gasteiger partial charge in [0, 0.05) is 6.21 Å². The summed E-state index contributed by atoms with van der Waals surface area (Å²) < 4.78 is 0. The van der Waals surface area contributed by atoms with Gasteiger partial charge in [0.2, 0.25) is 0 Å². The number of thiocarbonyl (C=S) groups is 1. The van der Waals surface area contributed by atoms with Crippen molar-refractivity contribution >= 4 is 23.5 Å². The largest absolute Gasteiger partial charge is 0.375 e. The molecule has 0 aliphatic heterocycles. The fourth-order valence-electron chi connectivity index (χ4n) is 0.391. The second-order valence-corrected chi connectivity index (χ2v) is 3.30. The van der Waals surface area contributed by atoms with Crippen molar-refractivity contribution < 1.29 is 0 Å². The first-order valence-corrected chi connectivity index (χ1v) is 4.03. The van der Waals surface area contributed by atoms with Crippen LogP contribution in [0.1, 0.15) is 20.8 Å². The molecule has 0 amide bonds.